The summed E-state index contributed by atoms with van der Waals surface area (Å²) < 4.78 is 237. The van der Waals surface area contributed by atoms with E-state index in [1.54, 1.807) is 21.1 Å². The average molecular weight is 777 g/mol. The van der Waals surface area contributed by atoms with Crippen LogP contribution in [-0.4, -0.2) is 104 Å². The highest BCUT2D eigenvalue weighted by Gasteiger charge is 2.95. The molecular weight excluding hydrogens is 737 g/mol. The van der Waals surface area contributed by atoms with Crippen molar-refractivity contribution in [3.8, 4) is 0 Å². The van der Waals surface area contributed by atoms with Gasteiger partial charge in [0.2, 0.25) is 0 Å². The van der Waals surface area contributed by atoms with Crippen LogP contribution in [0.3, 0.4) is 0 Å². The van der Waals surface area contributed by atoms with Gasteiger partial charge in [-0.25, -0.2) is 0 Å². The summed E-state index contributed by atoms with van der Waals surface area (Å²) >= 11 is 0. The van der Waals surface area contributed by atoms with E-state index in [0.717, 1.165) is 38.5 Å². The first-order chi connectivity index (χ1) is 22.2. The van der Waals surface area contributed by atoms with Crippen LogP contribution in [0.5, 0.6) is 0 Å². The van der Waals surface area contributed by atoms with E-state index >= 15 is 0 Å². The van der Waals surface area contributed by atoms with Gasteiger partial charge in [0.1, 0.15) is 6.54 Å². The molecule has 22 heteroatoms. The van der Waals surface area contributed by atoms with Gasteiger partial charge in [0.25, 0.3) is 0 Å². The molecule has 0 aliphatic heterocycles. The molecule has 0 fully saturated rings. The second kappa shape index (κ2) is 17.0. The number of ether oxygens (including phenoxy) is 2. The number of hydrogen-bond acceptors (Lipinski definition) is 4. The molecule has 0 bridgehead atoms. The highest BCUT2D eigenvalue weighted by molar-refractivity contribution is 5.72. The summed E-state index contributed by atoms with van der Waals surface area (Å²) in [7, 11) is 4.65. The largest absolute Gasteiger partial charge is 0.465 e. The fourth-order valence-corrected chi connectivity index (χ4v) is 4.29. The maximum Gasteiger partial charge on any atom is 0.460 e. The topological polar surface area (TPSA) is 52.6 Å². The Morgan fingerprint density at radius 1 is 0.560 bits per heavy atom. The van der Waals surface area contributed by atoms with Crippen LogP contribution in [0, 0.1) is 0 Å². The van der Waals surface area contributed by atoms with Crippen molar-refractivity contribution in [1.29, 1.82) is 0 Å². The number of rotatable bonds is 23. The van der Waals surface area contributed by atoms with Crippen molar-refractivity contribution in [3.05, 3.63) is 0 Å². The number of likely N-dealkylation sites (N-methyl/N-ethyl adjacent to an activating group) is 1. The molecule has 0 aromatic heterocycles. The van der Waals surface area contributed by atoms with Crippen LogP contribution >= 0.6 is 0 Å². The third kappa shape index (κ3) is 11.1. The van der Waals surface area contributed by atoms with Crippen LogP contribution < -0.4 is 0 Å². The number of alkyl halides is 17. The lowest BCUT2D eigenvalue weighted by atomic mass is 9.88. The van der Waals surface area contributed by atoms with Crippen LogP contribution in [-0.2, 0) is 19.1 Å². The minimum absolute atomic E-state index is 0.00908. The molecule has 0 aliphatic carbocycles. The summed E-state index contributed by atoms with van der Waals surface area (Å²) in [6.07, 6.45) is -6.13. The Kier molecular flexibility index (Phi) is 16.2. The first kappa shape index (κ1) is 47.7. The van der Waals surface area contributed by atoms with E-state index in [0.29, 0.717) is 12.8 Å². The van der Waals surface area contributed by atoms with Crippen LogP contribution in [0.2, 0.25) is 0 Å². The van der Waals surface area contributed by atoms with Crippen molar-refractivity contribution >= 4 is 11.9 Å². The fraction of sp³-hybridized carbons (Fsp3) is 0.929. The molecule has 5 nitrogen and oxygen atoms in total. The standard InChI is InChI=1S/C28H39F17NO4/c1-5-6-7-8-9-10-11-12-13-19(47)50-18(17-46(2,3)4)16-20(48)49-15-14-21(29,30)22(31,32)23(33,34)24(35,36)25(37,38)26(39,40)27(41,42)28(43,44)45/h18H,5-17H2,1-4H3/q+1/t18-/m1/s1. The molecule has 0 saturated carbocycles. The minimum atomic E-state index is -8.72. The molecule has 0 aliphatic rings. The van der Waals surface area contributed by atoms with Gasteiger partial charge in [0.15, 0.2) is 6.10 Å². The summed E-state index contributed by atoms with van der Waals surface area (Å²) in [5.74, 6) is -59.6. The lowest BCUT2D eigenvalue weighted by molar-refractivity contribution is -0.873. The molecule has 0 rings (SSSR count). The van der Waals surface area contributed by atoms with Gasteiger partial charge in [-0.05, 0) is 6.42 Å². The van der Waals surface area contributed by atoms with Crippen LogP contribution in [0.1, 0.15) is 77.6 Å². The predicted octanol–water partition coefficient (Wildman–Crippen LogP) is 9.47. The minimum Gasteiger partial charge on any atom is -0.465 e. The molecule has 0 heterocycles. The number of unbranched alkanes of at least 4 members (excludes halogenated alkanes) is 7. The maximum atomic E-state index is 14.1. The molecule has 0 aromatic carbocycles. The average Bonchev–Trinajstić information content (AvgIpc) is 2.92. The van der Waals surface area contributed by atoms with Crippen molar-refractivity contribution in [2.45, 2.75) is 131 Å². The number of esters is 2. The second-order valence-electron chi connectivity index (χ2n) is 12.6. The van der Waals surface area contributed by atoms with Crippen molar-refractivity contribution in [3.63, 3.8) is 0 Å². The first-order valence-corrected chi connectivity index (χ1v) is 15.0. The Morgan fingerprint density at radius 2 is 0.960 bits per heavy atom. The molecule has 0 radical (unpaired) electrons. The van der Waals surface area contributed by atoms with Crippen LogP contribution in [0.25, 0.3) is 0 Å². The van der Waals surface area contributed by atoms with Crippen molar-refractivity contribution in [2.24, 2.45) is 0 Å². The molecule has 0 amide bonds. The third-order valence-corrected chi connectivity index (χ3v) is 7.14. The van der Waals surface area contributed by atoms with Gasteiger partial charge < -0.3 is 14.0 Å². The summed E-state index contributed by atoms with van der Waals surface area (Å²) in [6, 6.07) is 0. The first-order valence-electron chi connectivity index (χ1n) is 15.0. The predicted molar refractivity (Wildman–Crippen MR) is 141 cm³/mol. The van der Waals surface area contributed by atoms with Crippen LogP contribution in [0.15, 0.2) is 0 Å². The van der Waals surface area contributed by atoms with Gasteiger partial charge in [-0.15, -0.1) is 0 Å². The number of quaternary nitrogens is 1. The van der Waals surface area contributed by atoms with E-state index in [-0.39, 0.29) is 17.4 Å². The van der Waals surface area contributed by atoms with Gasteiger partial charge in [-0.2, -0.15) is 74.6 Å². The summed E-state index contributed by atoms with van der Waals surface area (Å²) in [5.41, 5.74) is 0. The SMILES string of the molecule is CCCCCCCCCCC(=O)O[C@H](CC(=O)OCCC(F)(F)C(F)(F)C(F)(F)C(F)(F)C(F)(F)C(F)(F)C(F)(F)C(F)(F)F)C[N+](C)(C)C. The maximum absolute atomic E-state index is 14.1. The molecule has 1 atom stereocenters. The summed E-state index contributed by atoms with van der Waals surface area (Å²) in [5, 5.41) is 0. The summed E-state index contributed by atoms with van der Waals surface area (Å²) in [6.45, 7) is -0.155. The Morgan fingerprint density at radius 3 is 1.38 bits per heavy atom. The normalized spacial score (nSPS) is 15.2. The number of carbonyl (C=O) groups is 2. The van der Waals surface area contributed by atoms with Crippen LogP contribution in [0.4, 0.5) is 74.6 Å². The smallest absolute Gasteiger partial charge is 0.460 e. The fourth-order valence-electron chi connectivity index (χ4n) is 4.29. The van der Waals surface area contributed by atoms with E-state index in [1.807, 2.05) is 6.92 Å². The molecule has 0 saturated heterocycles. The Hall–Kier alpha value is -2.29. The second-order valence-corrected chi connectivity index (χ2v) is 12.6. The number of hydrogen-bond donors (Lipinski definition) is 0. The Labute approximate surface area is 276 Å². The van der Waals surface area contributed by atoms with Gasteiger partial charge in [-0.3, -0.25) is 9.59 Å². The van der Waals surface area contributed by atoms with E-state index < -0.39 is 85.1 Å². The monoisotopic (exact) mass is 776 g/mol. The number of carbonyl (C=O) groups excluding carboxylic acids is 2. The lowest BCUT2D eigenvalue weighted by Gasteiger charge is -2.42. The van der Waals surface area contributed by atoms with Gasteiger partial charge >= 0.3 is 59.6 Å². The Balaban J connectivity index is 5.63. The van der Waals surface area contributed by atoms with Gasteiger partial charge in [0, 0.05) is 6.42 Å². The zero-order valence-electron chi connectivity index (χ0n) is 27.3. The molecule has 0 aromatic rings. The molecule has 298 valence electrons. The quantitative estimate of drug-likeness (QED) is 0.0450. The number of nitrogens with zero attached hydrogens (tertiary/aromatic N) is 1. The van der Waals surface area contributed by atoms with E-state index in [9.17, 15) is 84.2 Å². The van der Waals surface area contributed by atoms with Crippen molar-refractivity contribution in [1.82, 2.24) is 0 Å². The molecule has 50 heavy (non-hydrogen) atoms. The lowest BCUT2D eigenvalue weighted by Crippen LogP contribution is -2.74. The van der Waals surface area contributed by atoms with Crippen molar-refractivity contribution < 1.29 is 98.2 Å². The third-order valence-electron chi connectivity index (χ3n) is 7.14. The zero-order chi connectivity index (χ0) is 39.8. The van der Waals surface area contributed by atoms with E-state index in [4.69, 9.17) is 4.74 Å². The van der Waals surface area contributed by atoms with E-state index in [2.05, 4.69) is 4.74 Å². The highest BCUT2D eigenvalue weighted by atomic mass is 19.4. The number of halogens is 17. The van der Waals surface area contributed by atoms with Crippen molar-refractivity contribution in [2.75, 3.05) is 34.3 Å². The molecule has 0 unspecified atom stereocenters. The van der Waals surface area contributed by atoms with E-state index in [1.165, 1.54) is 0 Å². The molecule has 0 N–H and O–H groups in total. The molecule has 0 spiro atoms. The Bertz CT molecular complexity index is 1090. The highest BCUT2D eigenvalue weighted by Crippen LogP contribution is 2.64. The van der Waals surface area contributed by atoms with Gasteiger partial charge in [0.05, 0.1) is 40.6 Å². The molecular formula is C28H39F17NO4+. The summed E-state index contributed by atoms with van der Waals surface area (Å²) in [4.78, 5) is 24.4. The zero-order valence-corrected chi connectivity index (χ0v) is 27.3. The van der Waals surface area contributed by atoms with Gasteiger partial charge in [-0.1, -0.05) is 51.9 Å².